The molecule has 0 aromatic rings. The first-order valence-corrected chi connectivity index (χ1v) is 4.12. The molecule has 11 heavy (non-hydrogen) atoms. The molecule has 1 aliphatic rings. The second-order valence-electron chi connectivity index (χ2n) is 4.23. The lowest BCUT2D eigenvalue weighted by molar-refractivity contribution is 0.271. The van der Waals surface area contributed by atoms with E-state index in [0.717, 1.165) is 0 Å². The van der Waals surface area contributed by atoms with Crippen LogP contribution in [0.1, 0.15) is 27.7 Å². The topological polar surface area (TPSA) is 15.3 Å². The quantitative estimate of drug-likeness (QED) is 0.572. The van der Waals surface area contributed by atoms with Crippen molar-refractivity contribution >= 4 is 0 Å². The molecule has 0 aromatic heterocycles. The highest BCUT2D eigenvalue weighted by Gasteiger charge is 2.27. The summed E-state index contributed by atoms with van der Waals surface area (Å²) in [4.78, 5) is 2.28. The second kappa shape index (κ2) is 2.43. The Morgan fingerprint density at radius 1 is 1.45 bits per heavy atom. The first kappa shape index (κ1) is 8.44. The molecule has 0 fully saturated rings. The van der Waals surface area contributed by atoms with Crippen LogP contribution in [0.3, 0.4) is 0 Å². The van der Waals surface area contributed by atoms with Gasteiger partial charge < -0.3 is 10.2 Å². The van der Waals surface area contributed by atoms with Crippen molar-refractivity contribution in [3.63, 3.8) is 0 Å². The zero-order valence-electron chi connectivity index (χ0n) is 8.10. The monoisotopic (exact) mass is 154 g/mol. The van der Waals surface area contributed by atoms with E-state index in [9.17, 15) is 0 Å². The fourth-order valence-corrected chi connectivity index (χ4v) is 1.37. The molecule has 0 spiro atoms. The summed E-state index contributed by atoms with van der Waals surface area (Å²) in [6.07, 6.45) is 2.56. The Bertz CT molecular complexity index is 176. The van der Waals surface area contributed by atoms with Crippen LogP contribution in [-0.4, -0.2) is 18.1 Å². The Balaban J connectivity index is 2.76. The van der Waals surface area contributed by atoms with Crippen LogP contribution in [-0.2, 0) is 0 Å². The Kier molecular flexibility index (Phi) is 1.87. The van der Waals surface area contributed by atoms with E-state index in [1.807, 2.05) is 0 Å². The summed E-state index contributed by atoms with van der Waals surface area (Å²) >= 11 is 0. The van der Waals surface area contributed by atoms with Gasteiger partial charge >= 0.3 is 0 Å². The third-order valence-electron chi connectivity index (χ3n) is 2.19. The summed E-state index contributed by atoms with van der Waals surface area (Å²) in [5.41, 5.74) is 1.64. The Labute approximate surface area is 69.3 Å². The number of nitrogens with zero attached hydrogens (tertiary/aromatic N) is 1. The molecule has 0 saturated carbocycles. The second-order valence-corrected chi connectivity index (χ2v) is 4.23. The van der Waals surface area contributed by atoms with Crippen molar-refractivity contribution in [1.82, 2.24) is 10.2 Å². The van der Waals surface area contributed by atoms with Gasteiger partial charge in [0.25, 0.3) is 0 Å². The van der Waals surface area contributed by atoms with Crippen molar-refractivity contribution in [2.45, 2.75) is 33.9 Å². The molecule has 0 aliphatic carbocycles. The van der Waals surface area contributed by atoms with Crippen LogP contribution in [0, 0.1) is 5.41 Å². The summed E-state index contributed by atoms with van der Waals surface area (Å²) in [7, 11) is 2.13. The van der Waals surface area contributed by atoms with Crippen molar-refractivity contribution in [2.24, 2.45) is 5.41 Å². The molecule has 0 saturated heterocycles. The third-order valence-corrected chi connectivity index (χ3v) is 2.19. The van der Waals surface area contributed by atoms with Gasteiger partial charge in [0.2, 0.25) is 0 Å². The van der Waals surface area contributed by atoms with E-state index in [-0.39, 0.29) is 5.41 Å². The summed E-state index contributed by atoms with van der Waals surface area (Å²) in [5.74, 6) is 0. The minimum absolute atomic E-state index is 0.256. The molecule has 2 heteroatoms. The lowest BCUT2D eigenvalue weighted by Gasteiger charge is -2.29. The van der Waals surface area contributed by atoms with Gasteiger partial charge in [-0.1, -0.05) is 20.8 Å². The summed E-state index contributed by atoms with van der Waals surface area (Å²) < 4.78 is 0. The van der Waals surface area contributed by atoms with Gasteiger partial charge in [-0.05, 0) is 6.92 Å². The number of nitrogens with one attached hydrogen (secondary N) is 1. The standard InChI is InChI=1S/C9H18N2/c1-7-10-6-8(11(7)5)9(2,3)4/h6-7,10H,1-5H3. The van der Waals surface area contributed by atoms with Gasteiger partial charge in [0.05, 0.1) is 6.17 Å². The average molecular weight is 154 g/mol. The van der Waals surface area contributed by atoms with Crippen LogP contribution in [0.15, 0.2) is 11.9 Å². The molecule has 1 atom stereocenters. The molecule has 64 valence electrons. The Hall–Kier alpha value is -0.660. The minimum Gasteiger partial charge on any atom is -0.370 e. The van der Waals surface area contributed by atoms with Crippen LogP contribution in [0.2, 0.25) is 0 Å². The molecule has 0 bridgehead atoms. The first-order valence-electron chi connectivity index (χ1n) is 4.12. The fourth-order valence-electron chi connectivity index (χ4n) is 1.37. The largest absolute Gasteiger partial charge is 0.370 e. The zero-order chi connectivity index (χ0) is 8.65. The number of hydrogen-bond acceptors (Lipinski definition) is 2. The SMILES string of the molecule is CC1NC=C(C(C)(C)C)N1C. The Morgan fingerprint density at radius 2 is 2.00 bits per heavy atom. The van der Waals surface area contributed by atoms with E-state index in [1.165, 1.54) is 5.70 Å². The van der Waals surface area contributed by atoms with E-state index in [4.69, 9.17) is 0 Å². The van der Waals surface area contributed by atoms with Crippen molar-refractivity contribution in [2.75, 3.05) is 7.05 Å². The highest BCUT2D eigenvalue weighted by Crippen LogP contribution is 2.30. The van der Waals surface area contributed by atoms with Gasteiger partial charge in [0.15, 0.2) is 0 Å². The van der Waals surface area contributed by atoms with Crippen molar-refractivity contribution < 1.29 is 0 Å². The predicted octanol–water partition coefficient (Wildman–Crippen LogP) is 1.75. The smallest absolute Gasteiger partial charge is 0.0952 e. The third kappa shape index (κ3) is 1.50. The van der Waals surface area contributed by atoms with E-state index in [0.29, 0.717) is 6.17 Å². The zero-order valence-corrected chi connectivity index (χ0v) is 8.10. The lowest BCUT2D eigenvalue weighted by Crippen LogP contribution is -2.33. The number of allylic oxidation sites excluding steroid dienone is 1. The van der Waals surface area contributed by atoms with E-state index in [1.54, 1.807) is 0 Å². The number of hydrogen-bond donors (Lipinski definition) is 1. The fraction of sp³-hybridized carbons (Fsp3) is 0.778. The molecule has 1 N–H and O–H groups in total. The first-order chi connectivity index (χ1) is 4.93. The van der Waals surface area contributed by atoms with Gasteiger partial charge in [0, 0.05) is 24.4 Å². The molecule has 0 amide bonds. The van der Waals surface area contributed by atoms with Gasteiger partial charge in [-0.2, -0.15) is 0 Å². The van der Waals surface area contributed by atoms with Crippen molar-refractivity contribution in [3.05, 3.63) is 11.9 Å². The van der Waals surface area contributed by atoms with Gasteiger partial charge in [-0.25, -0.2) is 0 Å². The molecular formula is C9H18N2. The van der Waals surface area contributed by atoms with Crippen molar-refractivity contribution in [1.29, 1.82) is 0 Å². The van der Waals surface area contributed by atoms with Crippen LogP contribution < -0.4 is 5.32 Å². The molecule has 1 heterocycles. The molecule has 1 rings (SSSR count). The molecule has 1 unspecified atom stereocenters. The van der Waals surface area contributed by atoms with E-state index >= 15 is 0 Å². The Morgan fingerprint density at radius 3 is 2.18 bits per heavy atom. The maximum atomic E-state index is 3.29. The minimum atomic E-state index is 0.256. The predicted molar refractivity (Wildman–Crippen MR) is 47.9 cm³/mol. The highest BCUT2D eigenvalue weighted by molar-refractivity contribution is 5.13. The summed E-state index contributed by atoms with van der Waals surface area (Å²) in [5, 5.41) is 3.29. The van der Waals surface area contributed by atoms with Gasteiger partial charge in [0.1, 0.15) is 0 Å². The van der Waals surface area contributed by atoms with Crippen LogP contribution in [0.5, 0.6) is 0 Å². The maximum Gasteiger partial charge on any atom is 0.0952 e. The van der Waals surface area contributed by atoms with E-state index < -0.39 is 0 Å². The van der Waals surface area contributed by atoms with Crippen molar-refractivity contribution in [3.8, 4) is 0 Å². The highest BCUT2D eigenvalue weighted by atomic mass is 15.3. The van der Waals surface area contributed by atoms with E-state index in [2.05, 4.69) is 51.2 Å². The summed E-state index contributed by atoms with van der Waals surface area (Å²) in [6.45, 7) is 8.86. The normalized spacial score (nSPS) is 25.0. The maximum absolute atomic E-state index is 3.29. The van der Waals surface area contributed by atoms with Crippen LogP contribution in [0.4, 0.5) is 0 Å². The molecule has 0 radical (unpaired) electrons. The molecule has 1 aliphatic heterocycles. The molecule has 0 aromatic carbocycles. The molecular weight excluding hydrogens is 136 g/mol. The molecule has 2 nitrogen and oxygen atoms in total. The van der Waals surface area contributed by atoms with Crippen LogP contribution >= 0.6 is 0 Å². The lowest BCUT2D eigenvalue weighted by atomic mass is 9.92. The number of rotatable bonds is 0. The average Bonchev–Trinajstić information content (AvgIpc) is 2.11. The van der Waals surface area contributed by atoms with Gasteiger partial charge in [-0.3, -0.25) is 0 Å². The van der Waals surface area contributed by atoms with Gasteiger partial charge in [-0.15, -0.1) is 0 Å². The van der Waals surface area contributed by atoms with Crippen LogP contribution in [0.25, 0.3) is 0 Å². The summed E-state index contributed by atoms with van der Waals surface area (Å²) in [6, 6.07) is 0.